The van der Waals surface area contributed by atoms with E-state index >= 15 is 0 Å². The monoisotopic (exact) mass is 521 g/mol. The van der Waals surface area contributed by atoms with Crippen LogP contribution in [0.25, 0.3) is 55.2 Å². The highest BCUT2D eigenvalue weighted by Crippen LogP contribution is 2.35. The Kier molecular flexibility index (Phi) is 5.80. The smallest absolute Gasteiger partial charge is 0.224 e. The second kappa shape index (κ2) is 9.18. The number of anilines is 1. The Bertz CT molecular complexity index is 1800. The summed E-state index contributed by atoms with van der Waals surface area (Å²) in [6.45, 7) is 8.21. The number of pyridine rings is 3. The van der Waals surface area contributed by atoms with Crippen LogP contribution in [0.1, 0.15) is 32.1 Å². The first-order valence-electron chi connectivity index (χ1n) is 12.4. The van der Waals surface area contributed by atoms with Crippen LogP contribution in [-0.4, -0.2) is 36.0 Å². The zero-order valence-electron chi connectivity index (χ0n) is 21.6. The van der Waals surface area contributed by atoms with Crippen molar-refractivity contribution in [2.45, 2.75) is 34.1 Å². The van der Waals surface area contributed by atoms with Crippen molar-refractivity contribution in [2.75, 3.05) is 5.32 Å². The van der Waals surface area contributed by atoms with Gasteiger partial charge in [0.25, 0.3) is 0 Å². The number of hydrogen-bond acceptors (Lipinski definition) is 6. The standard InChI is InChI=1S/C29H27N7OS/c1-16-5-8-24(38-16)26-19-12-23(33-21(19)9-10-31-26)28-27-22(35-36-28)7-6-20(34-27)17-11-18(15-30-14-17)32-25(37)13-29(2,3)4/h5-12,14-15,33H,13H2,1-4H3,(H,32,37)(H,35,36). The van der Waals surface area contributed by atoms with Gasteiger partial charge in [0.05, 0.1) is 39.4 Å². The van der Waals surface area contributed by atoms with Crippen LogP contribution in [0.15, 0.2) is 61.1 Å². The van der Waals surface area contributed by atoms with Gasteiger partial charge in [-0.05, 0) is 54.8 Å². The minimum absolute atomic E-state index is 0.0395. The fraction of sp³-hybridized carbons (Fsp3) is 0.207. The molecule has 0 aliphatic carbocycles. The van der Waals surface area contributed by atoms with Crippen LogP contribution in [0.5, 0.6) is 0 Å². The van der Waals surface area contributed by atoms with E-state index in [1.165, 1.54) is 4.88 Å². The number of aromatic nitrogens is 6. The molecule has 0 aliphatic heterocycles. The third-order valence-electron chi connectivity index (χ3n) is 6.19. The second-order valence-electron chi connectivity index (χ2n) is 10.6. The third kappa shape index (κ3) is 4.68. The van der Waals surface area contributed by atoms with Crippen molar-refractivity contribution < 1.29 is 4.79 Å². The number of carbonyl (C=O) groups is 1. The van der Waals surface area contributed by atoms with Gasteiger partial charge in [0.15, 0.2) is 0 Å². The predicted octanol–water partition coefficient (Wildman–Crippen LogP) is 6.97. The number of amides is 1. The molecule has 0 saturated carbocycles. The van der Waals surface area contributed by atoms with Gasteiger partial charge in [-0.1, -0.05) is 20.8 Å². The zero-order chi connectivity index (χ0) is 26.4. The second-order valence-corrected chi connectivity index (χ2v) is 11.9. The molecule has 0 aromatic carbocycles. The zero-order valence-corrected chi connectivity index (χ0v) is 22.4. The summed E-state index contributed by atoms with van der Waals surface area (Å²) in [4.78, 5) is 32.2. The summed E-state index contributed by atoms with van der Waals surface area (Å²) in [5, 5.41) is 11.7. The number of H-pyrrole nitrogens is 2. The number of nitrogens with zero attached hydrogens (tertiary/aromatic N) is 4. The lowest BCUT2D eigenvalue weighted by Crippen LogP contribution is -2.19. The van der Waals surface area contributed by atoms with Crippen molar-refractivity contribution >= 4 is 44.9 Å². The van der Waals surface area contributed by atoms with Crippen LogP contribution < -0.4 is 5.32 Å². The third-order valence-corrected chi connectivity index (χ3v) is 7.20. The Morgan fingerprint density at radius 3 is 2.68 bits per heavy atom. The highest BCUT2D eigenvalue weighted by molar-refractivity contribution is 7.15. The fourth-order valence-electron chi connectivity index (χ4n) is 4.52. The quantitative estimate of drug-likeness (QED) is 0.227. The molecule has 6 aromatic rings. The Labute approximate surface area is 223 Å². The molecule has 0 aliphatic rings. The Hall–Kier alpha value is -4.37. The molecule has 6 aromatic heterocycles. The van der Waals surface area contributed by atoms with Gasteiger partial charge in [0.1, 0.15) is 11.2 Å². The van der Waals surface area contributed by atoms with Crippen LogP contribution in [0.4, 0.5) is 5.69 Å². The molecule has 0 atom stereocenters. The van der Waals surface area contributed by atoms with E-state index in [0.29, 0.717) is 12.1 Å². The van der Waals surface area contributed by atoms with Gasteiger partial charge in [-0.3, -0.25) is 19.9 Å². The Balaban J connectivity index is 1.36. The summed E-state index contributed by atoms with van der Waals surface area (Å²) in [5.74, 6) is -0.0395. The maximum absolute atomic E-state index is 12.4. The van der Waals surface area contributed by atoms with Crippen LogP contribution in [0, 0.1) is 12.3 Å². The van der Waals surface area contributed by atoms with Crippen LogP contribution in [-0.2, 0) is 4.79 Å². The molecule has 6 rings (SSSR count). The summed E-state index contributed by atoms with van der Waals surface area (Å²) in [6, 6.07) is 14.1. The van der Waals surface area contributed by atoms with Gasteiger partial charge in [0, 0.05) is 40.2 Å². The highest BCUT2D eigenvalue weighted by atomic mass is 32.1. The van der Waals surface area contributed by atoms with Gasteiger partial charge in [-0.25, -0.2) is 4.98 Å². The molecule has 0 spiro atoms. The number of fused-ring (bicyclic) bond motifs is 2. The SMILES string of the molecule is Cc1ccc(-c2nccc3[nH]c(-c4n[nH]c5ccc(-c6cncc(NC(=O)CC(C)(C)C)c6)nc45)cc23)s1. The average molecular weight is 522 g/mol. The molecule has 3 N–H and O–H groups in total. The van der Waals surface area contributed by atoms with Crippen LogP contribution in [0.3, 0.4) is 0 Å². The number of aryl methyl sites for hydroxylation is 1. The molecule has 6 heterocycles. The molecular weight excluding hydrogens is 494 g/mol. The van der Waals surface area contributed by atoms with Gasteiger partial charge in [-0.15, -0.1) is 11.3 Å². The Morgan fingerprint density at radius 1 is 1.03 bits per heavy atom. The maximum atomic E-state index is 12.4. The summed E-state index contributed by atoms with van der Waals surface area (Å²) in [5.41, 5.74) is 7.21. The first-order chi connectivity index (χ1) is 18.2. The van der Waals surface area contributed by atoms with Crippen molar-refractivity contribution in [1.29, 1.82) is 0 Å². The number of aromatic amines is 2. The van der Waals surface area contributed by atoms with Crippen LogP contribution in [0.2, 0.25) is 0 Å². The van der Waals surface area contributed by atoms with Gasteiger partial charge >= 0.3 is 0 Å². The van der Waals surface area contributed by atoms with Gasteiger partial charge in [-0.2, -0.15) is 5.10 Å². The summed E-state index contributed by atoms with van der Waals surface area (Å²) < 4.78 is 0. The molecule has 38 heavy (non-hydrogen) atoms. The molecule has 0 fully saturated rings. The number of hydrogen-bond donors (Lipinski definition) is 3. The van der Waals surface area contributed by atoms with Crippen LogP contribution >= 0.6 is 11.3 Å². The maximum Gasteiger partial charge on any atom is 0.224 e. The molecule has 9 heteroatoms. The lowest BCUT2D eigenvalue weighted by atomic mass is 9.92. The number of rotatable bonds is 5. The van der Waals surface area contributed by atoms with Crippen molar-refractivity contribution in [1.82, 2.24) is 30.1 Å². The topological polar surface area (TPSA) is 112 Å². The summed E-state index contributed by atoms with van der Waals surface area (Å²) >= 11 is 1.73. The minimum atomic E-state index is -0.0957. The van der Waals surface area contributed by atoms with E-state index in [4.69, 9.17) is 4.98 Å². The molecule has 0 saturated heterocycles. The van der Waals surface area contributed by atoms with E-state index in [1.54, 1.807) is 23.7 Å². The molecule has 190 valence electrons. The highest BCUT2D eigenvalue weighted by Gasteiger charge is 2.18. The number of carbonyl (C=O) groups excluding carboxylic acids is 1. The normalized spacial score (nSPS) is 11.9. The van der Waals surface area contributed by atoms with E-state index in [-0.39, 0.29) is 11.3 Å². The molecule has 8 nitrogen and oxygen atoms in total. The predicted molar refractivity (Wildman–Crippen MR) is 153 cm³/mol. The van der Waals surface area contributed by atoms with Gasteiger partial charge in [0.2, 0.25) is 5.91 Å². The van der Waals surface area contributed by atoms with E-state index in [9.17, 15) is 4.79 Å². The molecule has 0 unspecified atom stereocenters. The molecule has 1 amide bonds. The van der Waals surface area contributed by atoms with Crippen molar-refractivity contribution in [2.24, 2.45) is 5.41 Å². The average Bonchev–Trinajstić information content (AvgIpc) is 3.60. The first-order valence-corrected chi connectivity index (χ1v) is 13.2. The largest absolute Gasteiger partial charge is 0.353 e. The lowest BCUT2D eigenvalue weighted by Gasteiger charge is -2.17. The van der Waals surface area contributed by atoms with Gasteiger partial charge < -0.3 is 10.3 Å². The molecule has 0 bridgehead atoms. The van der Waals surface area contributed by atoms with E-state index in [2.05, 4.69) is 55.6 Å². The van der Waals surface area contributed by atoms with Crippen molar-refractivity contribution in [3.8, 4) is 33.2 Å². The molecular formula is C29H27N7OS. The number of nitrogens with one attached hydrogen (secondary N) is 3. The first kappa shape index (κ1) is 24.0. The number of thiophene rings is 1. The molecule has 0 radical (unpaired) electrons. The van der Waals surface area contributed by atoms with E-state index < -0.39 is 0 Å². The lowest BCUT2D eigenvalue weighted by molar-refractivity contribution is -0.117. The van der Waals surface area contributed by atoms with Crippen molar-refractivity contribution in [3.63, 3.8) is 0 Å². The summed E-state index contributed by atoms with van der Waals surface area (Å²) in [7, 11) is 0. The fourth-order valence-corrected chi connectivity index (χ4v) is 5.40. The van der Waals surface area contributed by atoms with Crippen molar-refractivity contribution in [3.05, 3.63) is 65.9 Å². The minimum Gasteiger partial charge on any atom is -0.353 e. The van der Waals surface area contributed by atoms with E-state index in [0.717, 1.165) is 55.2 Å². The van der Waals surface area contributed by atoms with E-state index in [1.807, 2.05) is 51.2 Å². The Morgan fingerprint density at radius 2 is 1.89 bits per heavy atom. The summed E-state index contributed by atoms with van der Waals surface area (Å²) in [6.07, 6.45) is 5.65.